The summed E-state index contributed by atoms with van der Waals surface area (Å²) in [5, 5.41) is 1.25. The Morgan fingerprint density at radius 2 is 1.50 bits per heavy atom. The zero-order valence-electron chi connectivity index (χ0n) is 5.07. The van der Waals surface area contributed by atoms with Crippen LogP contribution >= 0.6 is 23.2 Å². The number of hydrogen-bond donors (Lipinski definition) is 0. The third-order valence-corrected chi connectivity index (χ3v) is 1.15. The van der Waals surface area contributed by atoms with E-state index in [-0.39, 0.29) is 35.5 Å². The zero-order valence-corrected chi connectivity index (χ0v) is 8.76. The molecule has 0 radical (unpaired) electrons. The minimum absolute atomic E-state index is 0. The van der Waals surface area contributed by atoms with E-state index in [1.54, 1.807) is 18.2 Å². The van der Waals surface area contributed by atoms with Gasteiger partial charge in [-0.2, -0.15) is 41.4 Å². The van der Waals surface area contributed by atoms with Gasteiger partial charge < -0.3 is 12.4 Å². The summed E-state index contributed by atoms with van der Waals surface area (Å²) < 4.78 is 0. The molecule has 0 nitrogen and oxygen atoms in total. The first-order valence-corrected chi connectivity index (χ1v) is 2.87. The Labute approximate surface area is 92.5 Å². The molecule has 0 heterocycles. The van der Waals surface area contributed by atoms with Crippen molar-refractivity contribution in [2.45, 2.75) is 0 Å². The Bertz CT molecular complexity index is 173. The molecule has 0 aliphatic carbocycles. The van der Waals surface area contributed by atoms with E-state index in [1.165, 1.54) is 0 Å². The van der Waals surface area contributed by atoms with Gasteiger partial charge in [-0.25, -0.2) is 0 Å². The Balaban J connectivity index is 0. The van der Waals surface area contributed by atoms with Crippen LogP contribution in [0.4, 0.5) is 0 Å². The van der Waals surface area contributed by atoms with E-state index in [4.69, 9.17) is 23.2 Å². The molecule has 4 heteroatoms. The van der Waals surface area contributed by atoms with E-state index in [1.807, 2.05) is 0 Å². The summed E-state index contributed by atoms with van der Waals surface area (Å²) in [6.07, 6.45) is 0. The van der Waals surface area contributed by atoms with Gasteiger partial charge in [-0.05, 0) is 0 Å². The Hall–Kier alpha value is 0.856. The third-order valence-electron chi connectivity index (χ3n) is 0.718. The molecule has 0 amide bonds. The fraction of sp³-hybridized carbons (Fsp3) is 0. The van der Waals surface area contributed by atoms with E-state index in [9.17, 15) is 0 Å². The maximum atomic E-state index is 5.53. The van der Waals surface area contributed by atoms with Crippen LogP contribution in [0.25, 0.3) is 0 Å². The summed E-state index contributed by atoms with van der Waals surface area (Å²) in [7, 11) is 0. The van der Waals surface area contributed by atoms with E-state index in [2.05, 4.69) is 6.07 Å². The quantitative estimate of drug-likeness (QED) is 0.393. The second-order valence-electron chi connectivity index (χ2n) is 1.37. The number of halogens is 3. The maximum Gasteiger partial charge on any atom is 2.00 e. The van der Waals surface area contributed by atoms with Crippen molar-refractivity contribution in [3.8, 4) is 0 Å². The van der Waals surface area contributed by atoms with Crippen molar-refractivity contribution < 1.29 is 12.4 Å². The molecule has 0 atom stereocenters. The Kier molecular flexibility index (Phi) is 8.82. The van der Waals surface area contributed by atoms with Gasteiger partial charge in [0.2, 0.25) is 0 Å². The molecule has 0 saturated carbocycles. The SMILES string of the molecule is Clc1c[c-]cc(Cl)c1.[Cl-].[Mg+2]. The van der Waals surface area contributed by atoms with E-state index < -0.39 is 0 Å². The topological polar surface area (TPSA) is 0 Å². The second-order valence-corrected chi connectivity index (χ2v) is 2.24. The molecule has 0 aliphatic heterocycles. The first kappa shape index (κ1) is 13.4. The van der Waals surface area contributed by atoms with Crippen molar-refractivity contribution >= 4 is 46.3 Å². The van der Waals surface area contributed by atoms with Crippen LogP contribution in [0.1, 0.15) is 0 Å². The van der Waals surface area contributed by atoms with Crippen LogP contribution in [0.15, 0.2) is 18.2 Å². The molecule has 0 N–H and O–H groups in total. The maximum absolute atomic E-state index is 5.53. The predicted molar refractivity (Wildman–Crippen MR) is 41.1 cm³/mol. The number of rotatable bonds is 0. The van der Waals surface area contributed by atoms with Gasteiger partial charge in [0.05, 0.1) is 0 Å². The van der Waals surface area contributed by atoms with Crippen LogP contribution < -0.4 is 12.4 Å². The van der Waals surface area contributed by atoms with Gasteiger partial charge in [-0.1, -0.05) is 10.0 Å². The second kappa shape index (κ2) is 6.56. The molecule has 1 aromatic carbocycles. The molecule has 0 fully saturated rings. The summed E-state index contributed by atoms with van der Waals surface area (Å²) in [6.45, 7) is 0. The van der Waals surface area contributed by atoms with Crippen molar-refractivity contribution in [2.75, 3.05) is 0 Å². The van der Waals surface area contributed by atoms with Crippen molar-refractivity contribution in [2.24, 2.45) is 0 Å². The monoisotopic (exact) mass is 204 g/mol. The summed E-state index contributed by atoms with van der Waals surface area (Å²) in [5.41, 5.74) is 0. The minimum atomic E-state index is 0. The van der Waals surface area contributed by atoms with Gasteiger partial charge in [0, 0.05) is 0 Å². The van der Waals surface area contributed by atoms with Gasteiger partial charge >= 0.3 is 23.1 Å². The van der Waals surface area contributed by atoms with E-state index >= 15 is 0 Å². The standard InChI is InChI=1S/C6H3Cl2.ClH.Mg/c7-5-2-1-3-6(8)4-5;;/h2-4H;1H;/q-1;;+2/p-1. The molecule has 0 bridgehead atoms. The van der Waals surface area contributed by atoms with Crippen LogP contribution in [-0.4, -0.2) is 23.1 Å². The van der Waals surface area contributed by atoms with E-state index in [0.29, 0.717) is 10.0 Å². The van der Waals surface area contributed by atoms with Crippen LogP contribution in [0, 0.1) is 6.07 Å². The molecule has 50 valence electrons. The normalized spacial score (nSPS) is 7.40. The molecule has 0 unspecified atom stereocenters. The molecular formula is C6H3Cl3Mg. The molecule has 1 aromatic rings. The minimum Gasteiger partial charge on any atom is -1.00 e. The third kappa shape index (κ3) is 4.64. The zero-order chi connectivity index (χ0) is 5.98. The largest absolute Gasteiger partial charge is 2.00 e. The predicted octanol–water partition coefficient (Wildman–Crippen LogP) is -0.583. The fourth-order valence-corrected chi connectivity index (χ4v) is 0.833. The molecule has 0 aromatic heterocycles. The van der Waals surface area contributed by atoms with E-state index in [0.717, 1.165) is 0 Å². The van der Waals surface area contributed by atoms with Crippen molar-refractivity contribution in [3.63, 3.8) is 0 Å². The number of benzene rings is 1. The average molecular weight is 206 g/mol. The summed E-state index contributed by atoms with van der Waals surface area (Å²) >= 11 is 11.1. The van der Waals surface area contributed by atoms with Crippen molar-refractivity contribution in [1.82, 2.24) is 0 Å². The van der Waals surface area contributed by atoms with Crippen LogP contribution in [0.5, 0.6) is 0 Å². The smallest absolute Gasteiger partial charge is 1.00 e. The molecular weight excluding hydrogens is 203 g/mol. The fourth-order valence-electron chi connectivity index (χ4n) is 0.416. The summed E-state index contributed by atoms with van der Waals surface area (Å²) in [5.74, 6) is 0. The van der Waals surface area contributed by atoms with Crippen molar-refractivity contribution in [3.05, 3.63) is 34.3 Å². The Morgan fingerprint density at radius 3 is 1.70 bits per heavy atom. The molecule has 0 saturated heterocycles. The first-order chi connectivity index (χ1) is 3.79. The average Bonchev–Trinajstić information content (AvgIpc) is 1.64. The van der Waals surface area contributed by atoms with Crippen LogP contribution in [0.3, 0.4) is 0 Å². The first-order valence-electron chi connectivity index (χ1n) is 2.11. The van der Waals surface area contributed by atoms with Gasteiger partial charge in [-0.3, -0.25) is 0 Å². The van der Waals surface area contributed by atoms with Gasteiger partial charge in [0.15, 0.2) is 0 Å². The van der Waals surface area contributed by atoms with Gasteiger partial charge in [0.1, 0.15) is 0 Å². The van der Waals surface area contributed by atoms with Crippen molar-refractivity contribution in [1.29, 1.82) is 0 Å². The number of hydrogen-bond acceptors (Lipinski definition) is 0. The molecule has 1 rings (SSSR count). The molecule has 10 heavy (non-hydrogen) atoms. The Morgan fingerprint density at radius 1 is 1.10 bits per heavy atom. The molecule has 0 aliphatic rings. The summed E-state index contributed by atoms with van der Waals surface area (Å²) in [6, 6.07) is 7.75. The summed E-state index contributed by atoms with van der Waals surface area (Å²) in [4.78, 5) is 0. The van der Waals surface area contributed by atoms with Crippen LogP contribution in [-0.2, 0) is 0 Å². The van der Waals surface area contributed by atoms with Gasteiger partial charge in [-0.15, -0.1) is 6.07 Å². The van der Waals surface area contributed by atoms with Gasteiger partial charge in [0.25, 0.3) is 0 Å². The molecule has 0 spiro atoms. The van der Waals surface area contributed by atoms with Crippen LogP contribution in [0.2, 0.25) is 10.0 Å².